The quantitative estimate of drug-likeness (QED) is 0.415. The Bertz CT molecular complexity index is 1110. The van der Waals surface area contributed by atoms with E-state index in [0.717, 1.165) is 10.5 Å². The van der Waals surface area contributed by atoms with Crippen LogP contribution in [0.25, 0.3) is 0 Å². The lowest BCUT2D eigenvalue weighted by molar-refractivity contribution is -0.142. The van der Waals surface area contributed by atoms with E-state index in [2.05, 4.69) is 10.6 Å². The molecule has 2 aromatic carbocycles. The molecule has 0 aromatic heterocycles. The Labute approximate surface area is 218 Å². The van der Waals surface area contributed by atoms with Crippen LogP contribution in [0, 0.1) is 17.2 Å². The maximum Gasteiger partial charge on any atom is 0.408 e. The van der Waals surface area contributed by atoms with Gasteiger partial charge in [0.1, 0.15) is 30.0 Å². The van der Waals surface area contributed by atoms with Gasteiger partial charge in [-0.05, 0) is 38.3 Å². The van der Waals surface area contributed by atoms with E-state index < -0.39 is 42.1 Å². The molecule has 0 fully saturated rings. The summed E-state index contributed by atoms with van der Waals surface area (Å²) in [4.78, 5) is 41.1. The van der Waals surface area contributed by atoms with E-state index in [-0.39, 0.29) is 23.8 Å². The zero-order valence-electron chi connectivity index (χ0n) is 22.0. The Morgan fingerprint density at radius 1 is 1.08 bits per heavy atom. The van der Waals surface area contributed by atoms with Crippen LogP contribution in [-0.2, 0) is 20.9 Å². The molecule has 9 heteroatoms. The van der Waals surface area contributed by atoms with Gasteiger partial charge < -0.3 is 25.4 Å². The fourth-order valence-corrected chi connectivity index (χ4v) is 3.72. The van der Waals surface area contributed by atoms with Crippen LogP contribution >= 0.6 is 0 Å². The van der Waals surface area contributed by atoms with Gasteiger partial charge in [0.15, 0.2) is 0 Å². The van der Waals surface area contributed by atoms with Gasteiger partial charge in [0.05, 0.1) is 6.07 Å². The van der Waals surface area contributed by atoms with Gasteiger partial charge in [-0.3, -0.25) is 9.59 Å². The molecule has 0 aliphatic rings. The third-order valence-corrected chi connectivity index (χ3v) is 5.78. The first-order valence-electron chi connectivity index (χ1n) is 12.2. The third-order valence-electron chi connectivity index (χ3n) is 5.78. The minimum atomic E-state index is -1.32. The summed E-state index contributed by atoms with van der Waals surface area (Å²) in [6, 6.07) is 15.0. The number of ether oxygens (including phenoxy) is 1. The molecule has 3 unspecified atom stereocenters. The van der Waals surface area contributed by atoms with Crippen molar-refractivity contribution in [3.05, 3.63) is 65.7 Å². The summed E-state index contributed by atoms with van der Waals surface area (Å²) >= 11 is 0. The van der Waals surface area contributed by atoms with Crippen molar-refractivity contribution in [2.75, 3.05) is 6.54 Å². The Kier molecular flexibility index (Phi) is 10.5. The first-order chi connectivity index (χ1) is 17.5. The molecular formula is C28H36N4O5. The van der Waals surface area contributed by atoms with E-state index in [4.69, 9.17) is 4.74 Å². The molecule has 9 nitrogen and oxygen atoms in total. The number of para-hydroxylation sites is 1. The van der Waals surface area contributed by atoms with Gasteiger partial charge in [0.2, 0.25) is 11.8 Å². The number of aromatic hydroxyl groups is 1. The van der Waals surface area contributed by atoms with E-state index in [1.54, 1.807) is 39.8 Å². The molecular weight excluding hydrogens is 472 g/mol. The SMILES string of the molecule is CCC(C)C(NC(=O)OC(C)(C)C)C(=O)N(CC#N)C(C(=O)NCc1ccccc1)c1ccccc1O. The van der Waals surface area contributed by atoms with Crippen molar-refractivity contribution in [1.82, 2.24) is 15.5 Å². The number of carbonyl (C=O) groups is 3. The van der Waals surface area contributed by atoms with Crippen LogP contribution in [0.15, 0.2) is 54.6 Å². The minimum Gasteiger partial charge on any atom is -0.508 e. The predicted molar refractivity (Wildman–Crippen MR) is 139 cm³/mol. The first-order valence-corrected chi connectivity index (χ1v) is 12.2. The molecule has 0 radical (unpaired) electrons. The molecule has 0 aliphatic heterocycles. The van der Waals surface area contributed by atoms with Gasteiger partial charge in [-0.15, -0.1) is 0 Å². The average Bonchev–Trinajstić information content (AvgIpc) is 2.85. The van der Waals surface area contributed by atoms with E-state index >= 15 is 0 Å². The average molecular weight is 509 g/mol. The lowest BCUT2D eigenvalue weighted by atomic mass is 9.95. The number of nitrogens with zero attached hydrogens (tertiary/aromatic N) is 2. The van der Waals surface area contributed by atoms with Crippen molar-refractivity contribution >= 4 is 17.9 Å². The van der Waals surface area contributed by atoms with Gasteiger partial charge in [-0.25, -0.2) is 4.79 Å². The minimum absolute atomic E-state index is 0.164. The maximum absolute atomic E-state index is 13.9. The summed E-state index contributed by atoms with van der Waals surface area (Å²) in [5.74, 6) is -1.74. The van der Waals surface area contributed by atoms with Gasteiger partial charge in [0.25, 0.3) is 0 Å². The molecule has 3 N–H and O–H groups in total. The first kappa shape index (κ1) is 29.2. The fourth-order valence-electron chi connectivity index (χ4n) is 3.72. The lowest BCUT2D eigenvalue weighted by Crippen LogP contribution is -2.55. The van der Waals surface area contributed by atoms with E-state index in [1.807, 2.05) is 43.3 Å². The molecule has 3 amide bonds. The highest BCUT2D eigenvalue weighted by molar-refractivity contribution is 5.92. The molecule has 0 saturated carbocycles. The van der Waals surface area contributed by atoms with Crippen LogP contribution in [0.2, 0.25) is 0 Å². The zero-order chi connectivity index (χ0) is 27.6. The summed E-state index contributed by atoms with van der Waals surface area (Å²) in [5.41, 5.74) is 0.223. The van der Waals surface area contributed by atoms with Gasteiger partial charge >= 0.3 is 6.09 Å². The van der Waals surface area contributed by atoms with Crippen molar-refractivity contribution in [3.8, 4) is 11.8 Å². The van der Waals surface area contributed by atoms with Crippen LogP contribution in [0.5, 0.6) is 5.75 Å². The molecule has 0 heterocycles. The highest BCUT2D eigenvalue weighted by Gasteiger charge is 2.39. The predicted octanol–water partition coefficient (Wildman–Crippen LogP) is 4.04. The zero-order valence-corrected chi connectivity index (χ0v) is 22.0. The Morgan fingerprint density at radius 3 is 2.27 bits per heavy atom. The Balaban J connectivity index is 2.46. The number of nitriles is 1. The van der Waals surface area contributed by atoms with Crippen LogP contribution in [0.4, 0.5) is 4.79 Å². The summed E-state index contributed by atoms with van der Waals surface area (Å²) < 4.78 is 5.35. The third kappa shape index (κ3) is 8.53. The number of phenolic OH excluding ortho intramolecular Hbond substituents is 1. The number of nitrogens with one attached hydrogen (secondary N) is 2. The van der Waals surface area contributed by atoms with Crippen molar-refractivity contribution in [1.29, 1.82) is 5.26 Å². The summed E-state index contributed by atoms with van der Waals surface area (Å²) in [7, 11) is 0. The number of rotatable bonds is 10. The molecule has 2 rings (SSSR count). The second-order valence-corrected chi connectivity index (χ2v) is 9.80. The second kappa shape index (κ2) is 13.3. The van der Waals surface area contributed by atoms with Crippen LogP contribution in [0.3, 0.4) is 0 Å². The highest BCUT2D eigenvalue weighted by Crippen LogP contribution is 2.30. The number of carbonyl (C=O) groups excluding carboxylic acids is 3. The number of phenols is 1. The molecule has 198 valence electrons. The Hall–Kier alpha value is -4.06. The van der Waals surface area contributed by atoms with Crippen molar-refractivity contribution in [3.63, 3.8) is 0 Å². The van der Waals surface area contributed by atoms with Crippen molar-refractivity contribution in [2.45, 2.75) is 65.3 Å². The number of amides is 3. The monoisotopic (exact) mass is 508 g/mol. The smallest absolute Gasteiger partial charge is 0.408 e. The topological polar surface area (TPSA) is 132 Å². The largest absolute Gasteiger partial charge is 0.508 e. The fraction of sp³-hybridized carbons (Fsp3) is 0.429. The van der Waals surface area contributed by atoms with Gasteiger partial charge in [0, 0.05) is 12.1 Å². The molecule has 2 aromatic rings. The highest BCUT2D eigenvalue weighted by atomic mass is 16.6. The lowest BCUT2D eigenvalue weighted by Gasteiger charge is -2.34. The molecule has 0 bridgehead atoms. The standard InChI is InChI=1S/C28H36N4O5/c1-6-19(2)23(31-27(36)37-28(3,4)5)26(35)32(17-16-29)24(21-14-10-11-15-22(21)33)25(34)30-18-20-12-8-7-9-13-20/h7-15,19,23-24,33H,6,17-18H2,1-5H3,(H,30,34)(H,31,36). The van der Waals surface area contributed by atoms with E-state index in [0.29, 0.717) is 6.42 Å². The molecule has 0 spiro atoms. The summed E-state index contributed by atoms with van der Waals surface area (Å²) in [6.07, 6.45) is -0.246. The number of hydrogen-bond acceptors (Lipinski definition) is 6. The summed E-state index contributed by atoms with van der Waals surface area (Å²) in [6.45, 7) is 8.51. The van der Waals surface area contributed by atoms with Crippen LogP contribution < -0.4 is 10.6 Å². The summed E-state index contributed by atoms with van der Waals surface area (Å²) in [5, 5.41) is 25.6. The van der Waals surface area contributed by atoms with Gasteiger partial charge in [-0.2, -0.15) is 5.26 Å². The van der Waals surface area contributed by atoms with Crippen molar-refractivity contribution in [2.24, 2.45) is 5.92 Å². The Morgan fingerprint density at radius 2 is 1.70 bits per heavy atom. The van der Waals surface area contributed by atoms with Crippen LogP contribution in [-0.4, -0.2) is 46.1 Å². The molecule has 0 aliphatic carbocycles. The molecule has 37 heavy (non-hydrogen) atoms. The normalized spacial score (nSPS) is 13.4. The van der Waals surface area contributed by atoms with Gasteiger partial charge in [-0.1, -0.05) is 68.8 Å². The molecule has 3 atom stereocenters. The number of hydrogen-bond donors (Lipinski definition) is 3. The maximum atomic E-state index is 13.9. The number of alkyl carbamates (subject to hydrolysis) is 1. The molecule has 0 saturated heterocycles. The van der Waals surface area contributed by atoms with Crippen molar-refractivity contribution < 1.29 is 24.2 Å². The van der Waals surface area contributed by atoms with Crippen LogP contribution in [0.1, 0.15) is 58.2 Å². The second-order valence-electron chi connectivity index (χ2n) is 9.80. The van der Waals surface area contributed by atoms with E-state index in [9.17, 15) is 24.8 Å². The number of benzene rings is 2. The van der Waals surface area contributed by atoms with E-state index in [1.165, 1.54) is 12.1 Å².